The molecule has 0 unspecified atom stereocenters. The molecule has 2 N–H and O–H groups in total. The van der Waals surface area contributed by atoms with Gasteiger partial charge in [-0.25, -0.2) is 14.8 Å². The van der Waals surface area contributed by atoms with Crippen molar-refractivity contribution in [2.24, 2.45) is 5.92 Å². The third-order valence-electron chi connectivity index (χ3n) is 5.84. The second-order valence-electron chi connectivity index (χ2n) is 9.47. The van der Waals surface area contributed by atoms with Crippen molar-refractivity contribution < 1.29 is 4.79 Å². The number of fused-ring (bicyclic) bond motifs is 1. The van der Waals surface area contributed by atoms with Gasteiger partial charge in [-0.15, -0.1) is 0 Å². The molecule has 35 heavy (non-hydrogen) atoms. The van der Waals surface area contributed by atoms with E-state index in [1.165, 1.54) is 4.57 Å². The number of pyridine rings is 1. The lowest BCUT2D eigenvalue weighted by Crippen LogP contribution is -2.33. The SMILES string of the molecule is Cc1nccn1Cc1ccc(NC(=O)c2cc(C(C)C)nc3c2c(=O)[nH]c(=O)n3CC(C)C)cc1. The van der Waals surface area contributed by atoms with Gasteiger partial charge in [0.15, 0.2) is 5.65 Å². The molecule has 9 nitrogen and oxygen atoms in total. The van der Waals surface area contributed by atoms with Gasteiger partial charge in [-0.05, 0) is 42.5 Å². The standard InChI is InChI=1S/C26H30N6O3/c1-15(2)13-32-23-22(25(34)30-26(32)35)20(12-21(29-23)16(3)4)24(33)28-19-8-6-18(7-9-19)14-31-11-10-27-17(31)5/h6-12,15-16H,13-14H2,1-5H3,(H,28,33)(H,30,34,35). The van der Waals surface area contributed by atoms with Crippen molar-refractivity contribution in [3.8, 4) is 0 Å². The van der Waals surface area contributed by atoms with Gasteiger partial charge < -0.3 is 9.88 Å². The zero-order valence-electron chi connectivity index (χ0n) is 20.6. The van der Waals surface area contributed by atoms with E-state index in [1.54, 1.807) is 12.3 Å². The predicted molar refractivity (Wildman–Crippen MR) is 136 cm³/mol. The summed E-state index contributed by atoms with van der Waals surface area (Å²) < 4.78 is 3.48. The Bertz CT molecular complexity index is 1490. The lowest BCUT2D eigenvalue weighted by molar-refractivity contribution is 0.102. The number of carbonyl (C=O) groups excluding carboxylic acids is 1. The highest BCUT2D eigenvalue weighted by Crippen LogP contribution is 2.22. The maximum atomic E-state index is 13.4. The van der Waals surface area contributed by atoms with E-state index < -0.39 is 17.2 Å². The molecule has 0 bridgehead atoms. The number of nitrogens with zero attached hydrogens (tertiary/aromatic N) is 4. The molecule has 3 aromatic heterocycles. The summed E-state index contributed by atoms with van der Waals surface area (Å²) in [6.45, 7) is 10.8. The van der Waals surface area contributed by atoms with Crippen LogP contribution in [0.2, 0.25) is 0 Å². The average Bonchev–Trinajstić information content (AvgIpc) is 3.21. The largest absolute Gasteiger partial charge is 0.331 e. The molecule has 3 heterocycles. The maximum absolute atomic E-state index is 13.4. The van der Waals surface area contributed by atoms with Crippen molar-refractivity contribution in [3.05, 3.63) is 86.2 Å². The van der Waals surface area contributed by atoms with Crippen LogP contribution in [0.25, 0.3) is 11.0 Å². The monoisotopic (exact) mass is 474 g/mol. The summed E-state index contributed by atoms with van der Waals surface area (Å²) in [6, 6.07) is 9.16. The number of rotatable bonds is 7. The molecule has 0 radical (unpaired) electrons. The molecule has 0 aliphatic carbocycles. The minimum Gasteiger partial charge on any atom is -0.331 e. The number of amides is 1. The zero-order valence-corrected chi connectivity index (χ0v) is 20.6. The average molecular weight is 475 g/mol. The minimum atomic E-state index is -0.621. The van der Waals surface area contributed by atoms with Crippen molar-refractivity contribution in [1.82, 2.24) is 24.1 Å². The number of nitrogens with one attached hydrogen (secondary N) is 2. The molecule has 0 fully saturated rings. The molecule has 1 amide bonds. The highest BCUT2D eigenvalue weighted by molar-refractivity contribution is 6.11. The number of anilines is 1. The van der Waals surface area contributed by atoms with Gasteiger partial charge >= 0.3 is 5.69 Å². The molecule has 0 aliphatic heterocycles. The molecule has 182 valence electrons. The second-order valence-corrected chi connectivity index (χ2v) is 9.47. The Balaban J connectivity index is 1.72. The number of aromatic amines is 1. The number of aromatic nitrogens is 5. The van der Waals surface area contributed by atoms with Crippen LogP contribution in [0, 0.1) is 12.8 Å². The number of benzene rings is 1. The molecule has 0 atom stereocenters. The normalized spacial score (nSPS) is 11.5. The van der Waals surface area contributed by atoms with Crippen molar-refractivity contribution >= 4 is 22.6 Å². The van der Waals surface area contributed by atoms with Gasteiger partial charge in [0.1, 0.15) is 5.82 Å². The van der Waals surface area contributed by atoms with Gasteiger partial charge in [0.2, 0.25) is 0 Å². The summed E-state index contributed by atoms with van der Waals surface area (Å²) in [6.07, 6.45) is 3.68. The smallest absolute Gasteiger partial charge is 0.330 e. The fraction of sp³-hybridized carbons (Fsp3) is 0.346. The van der Waals surface area contributed by atoms with E-state index in [-0.39, 0.29) is 28.4 Å². The third-order valence-corrected chi connectivity index (χ3v) is 5.84. The molecule has 0 spiro atoms. The predicted octanol–water partition coefficient (Wildman–Crippen LogP) is 3.67. The quantitative estimate of drug-likeness (QED) is 0.424. The van der Waals surface area contributed by atoms with Gasteiger partial charge in [0.05, 0.1) is 10.9 Å². The molecular formula is C26H30N6O3. The molecule has 4 aromatic rings. The van der Waals surface area contributed by atoms with E-state index in [0.717, 1.165) is 11.4 Å². The lowest BCUT2D eigenvalue weighted by Gasteiger charge is -2.16. The van der Waals surface area contributed by atoms with E-state index >= 15 is 0 Å². The van der Waals surface area contributed by atoms with E-state index in [2.05, 4.69) is 20.3 Å². The first-order valence-electron chi connectivity index (χ1n) is 11.7. The Morgan fingerprint density at radius 2 is 1.83 bits per heavy atom. The van der Waals surface area contributed by atoms with Gasteiger partial charge in [0.25, 0.3) is 11.5 Å². The number of hydrogen-bond acceptors (Lipinski definition) is 5. The van der Waals surface area contributed by atoms with Crippen LogP contribution in [0.1, 0.15) is 61.1 Å². The van der Waals surface area contributed by atoms with Gasteiger partial charge in [0, 0.05) is 36.9 Å². The first-order chi connectivity index (χ1) is 16.6. The third kappa shape index (κ3) is 5.08. The van der Waals surface area contributed by atoms with Crippen LogP contribution in [0.5, 0.6) is 0 Å². The lowest BCUT2D eigenvalue weighted by atomic mass is 10.0. The summed E-state index contributed by atoms with van der Waals surface area (Å²) in [5, 5.41) is 3.00. The molecule has 0 saturated carbocycles. The van der Waals surface area contributed by atoms with Crippen LogP contribution in [0.4, 0.5) is 5.69 Å². The first-order valence-corrected chi connectivity index (χ1v) is 11.7. The summed E-state index contributed by atoms with van der Waals surface area (Å²) in [5.74, 6) is 0.638. The molecule has 4 rings (SSSR count). The molecular weight excluding hydrogens is 444 g/mol. The van der Waals surface area contributed by atoms with E-state index in [0.29, 0.717) is 24.5 Å². The molecule has 0 aliphatic rings. The highest BCUT2D eigenvalue weighted by atomic mass is 16.2. The van der Waals surface area contributed by atoms with Crippen LogP contribution in [-0.2, 0) is 13.1 Å². The highest BCUT2D eigenvalue weighted by Gasteiger charge is 2.21. The van der Waals surface area contributed by atoms with Crippen molar-refractivity contribution in [2.75, 3.05) is 5.32 Å². The Morgan fingerprint density at radius 1 is 1.11 bits per heavy atom. The zero-order chi connectivity index (χ0) is 25.3. The van der Waals surface area contributed by atoms with Crippen LogP contribution in [0.15, 0.2) is 52.3 Å². The molecule has 0 saturated heterocycles. The molecule has 1 aromatic carbocycles. The summed E-state index contributed by atoms with van der Waals surface area (Å²) in [5.41, 5.74) is 1.57. The minimum absolute atomic E-state index is 0.00115. The van der Waals surface area contributed by atoms with E-state index in [1.807, 2.05) is 69.6 Å². The van der Waals surface area contributed by atoms with Gasteiger partial charge in [-0.3, -0.25) is 19.1 Å². The van der Waals surface area contributed by atoms with Crippen molar-refractivity contribution in [3.63, 3.8) is 0 Å². The van der Waals surface area contributed by atoms with Crippen molar-refractivity contribution in [2.45, 2.75) is 53.6 Å². The van der Waals surface area contributed by atoms with Crippen LogP contribution in [-0.4, -0.2) is 30.0 Å². The van der Waals surface area contributed by atoms with Gasteiger partial charge in [-0.1, -0.05) is 39.8 Å². The summed E-state index contributed by atoms with van der Waals surface area (Å²) >= 11 is 0. The van der Waals surface area contributed by atoms with E-state index in [9.17, 15) is 14.4 Å². The Kier molecular flexibility index (Phi) is 6.68. The first kappa shape index (κ1) is 24.1. The second kappa shape index (κ2) is 9.69. The fourth-order valence-corrected chi connectivity index (χ4v) is 3.96. The summed E-state index contributed by atoms with van der Waals surface area (Å²) in [4.78, 5) is 50.0. The Labute approximate surface area is 202 Å². The molecule has 9 heteroatoms. The summed E-state index contributed by atoms with van der Waals surface area (Å²) in [7, 11) is 0. The maximum Gasteiger partial charge on any atom is 0.330 e. The van der Waals surface area contributed by atoms with Crippen LogP contribution in [0.3, 0.4) is 0 Å². The number of H-pyrrole nitrogens is 1. The Hall–Kier alpha value is -4.01. The van der Waals surface area contributed by atoms with Crippen LogP contribution >= 0.6 is 0 Å². The van der Waals surface area contributed by atoms with E-state index in [4.69, 9.17) is 0 Å². The number of carbonyl (C=O) groups is 1. The number of hydrogen-bond donors (Lipinski definition) is 2. The fourth-order valence-electron chi connectivity index (χ4n) is 3.96. The topological polar surface area (TPSA) is 115 Å². The number of imidazole rings is 1. The van der Waals surface area contributed by atoms with Crippen LogP contribution < -0.4 is 16.6 Å². The van der Waals surface area contributed by atoms with Gasteiger partial charge in [-0.2, -0.15) is 0 Å². The number of aryl methyl sites for hydroxylation is 1. The van der Waals surface area contributed by atoms with Crippen molar-refractivity contribution in [1.29, 1.82) is 0 Å². The Morgan fingerprint density at radius 3 is 2.43 bits per heavy atom.